The lowest BCUT2D eigenvalue weighted by atomic mass is 10.2. The molecule has 0 fully saturated rings. The number of carbonyl (C=O) groups excluding carboxylic acids is 1. The van der Waals surface area contributed by atoms with Crippen LogP contribution in [0.4, 0.5) is 23.2 Å². The summed E-state index contributed by atoms with van der Waals surface area (Å²) in [6, 6.07) is 7.24. The number of anilines is 1. The largest absolute Gasteiger partial charge is 0.462 e. The Kier molecular flexibility index (Phi) is 6.33. The molecule has 0 aromatic heterocycles. The maximum absolute atomic E-state index is 13.1. The van der Waals surface area contributed by atoms with Gasteiger partial charge >= 0.3 is 12.1 Å². The van der Waals surface area contributed by atoms with Crippen LogP contribution in [0.5, 0.6) is 0 Å². The first-order valence-corrected chi connectivity index (χ1v) is 9.50. The number of halogens is 4. The first-order valence-electron chi connectivity index (χ1n) is 8.06. The van der Waals surface area contributed by atoms with E-state index in [2.05, 4.69) is 0 Å². The monoisotopic (exact) mass is 419 g/mol. The summed E-state index contributed by atoms with van der Waals surface area (Å²) in [6.07, 6.45) is -5.26. The number of ether oxygens (including phenoxy) is 1. The molecule has 10 heteroatoms. The van der Waals surface area contributed by atoms with E-state index in [0.717, 1.165) is 42.5 Å². The van der Waals surface area contributed by atoms with E-state index in [4.69, 9.17) is 4.74 Å². The zero-order valence-corrected chi connectivity index (χ0v) is 15.7. The van der Waals surface area contributed by atoms with E-state index in [9.17, 15) is 30.8 Å². The van der Waals surface area contributed by atoms with Gasteiger partial charge < -0.3 is 4.74 Å². The summed E-state index contributed by atoms with van der Waals surface area (Å²) in [5.74, 6) is -1.64. The number of rotatable bonds is 6. The van der Waals surface area contributed by atoms with E-state index in [0.29, 0.717) is 10.4 Å². The van der Waals surface area contributed by atoms with Crippen LogP contribution in [-0.4, -0.2) is 27.0 Å². The Labute approximate surface area is 159 Å². The standard InChI is InChI=1S/C18H17F4NO4S/c1-12(2)27-17(24)11-23(15-5-3-4-13(10-15)18(20,21)22)28(25,26)16-8-6-14(19)7-9-16/h3-10,12H,11H2,1-2H3. The number of sulfonamides is 1. The minimum Gasteiger partial charge on any atom is -0.462 e. The van der Waals surface area contributed by atoms with E-state index in [-0.39, 0.29) is 10.6 Å². The van der Waals surface area contributed by atoms with Crippen LogP contribution in [0.1, 0.15) is 19.4 Å². The molecule has 2 rings (SSSR count). The van der Waals surface area contributed by atoms with E-state index in [1.165, 1.54) is 0 Å². The highest BCUT2D eigenvalue weighted by Gasteiger charge is 2.33. The lowest BCUT2D eigenvalue weighted by molar-refractivity contribution is -0.145. The van der Waals surface area contributed by atoms with Gasteiger partial charge in [-0.3, -0.25) is 9.10 Å². The van der Waals surface area contributed by atoms with Crippen LogP contribution in [-0.2, 0) is 25.7 Å². The molecule has 0 unspecified atom stereocenters. The van der Waals surface area contributed by atoms with Crippen LogP contribution in [0.2, 0.25) is 0 Å². The Hall–Kier alpha value is -2.62. The van der Waals surface area contributed by atoms with E-state index in [1.807, 2.05) is 0 Å². The molecule has 0 aliphatic heterocycles. The molecule has 0 saturated heterocycles. The van der Waals surface area contributed by atoms with Crippen molar-refractivity contribution in [3.63, 3.8) is 0 Å². The summed E-state index contributed by atoms with van der Waals surface area (Å²) in [6.45, 7) is 2.24. The Morgan fingerprint density at radius 1 is 1.11 bits per heavy atom. The van der Waals surface area contributed by atoms with Crippen LogP contribution >= 0.6 is 0 Å². The van der Waals surface area contributed by atoms with Gasteiger partial charge in [0.2, 0.25) is 0 Å². The number of esters is 1. The first kappa shape index (κ1) is 21.7. The maximum Gasteiger partial charge on any atom is 0.416 e. The Balaban J connectivity index is 2.54. The highest BCUT2D eigenvalue weighted by atomic mass is 32.2. The second kappa shape index (κ2) is 8.17. The van der Waals surface area contributed by atoms with Gasteiger partial charge in [0.15, 0.2) is 0 Å². The molecule has 2 aromatic rings. The van der Waals surface area contributed by atoms with Gasteiger partial charge in [-0.25, -0.2) is 12.8 Å². The third-order valence-corrected chi connectivity index (χ3v) is 5.29. The summed E-state index contributed by atoms with van der Waals surface area (Å²) in [7, 11) is -4.47. The Morgan fingerprint density at radius 3 is 2.25 bits per heavy atom. The van der Waals surface area contributed by atoms with E-state index in [1.54, 1.807) is 13.8 Å². The summed E-state index contributed by atoms with van der Waals surface area (Å²) in [4.78, 5) is 11.7. The van der Waals surface area contributed by atoms with Crippen molar-refractivity contribution in [1.29, 1.82) is 0 Å². The molecule has 2 aromatic carbocycles. The second-order valence-electron chi connectivity index (χ2n) is 6.05. The van der Waals surface area contributed by atoms with Crippen molar-refractivity contribution in [2.75, 3.05) is 10.8 Å². The van der Waals surface area contributed by atoms with Crippen molar-refractivity contribution < 1.29 is 35.5 Å². The van der Waals surface area contributed by atoms with Crippen molar-refractivity contribution >= 4 is 21.7 Å². The van der Waals surface area contributed by atoms with Gasteiger partial charge in [0.1, 0.15) is 12.4 Å². The highest BCUT2D eigenvalue weighted by Crippen LogP contribution is 2.33. The van der Waals surface area contributed by atoms with Crippen molar-refractivity contribution in [2.24, 2.45) is 0 Å². The molecule has 0 bridgehead atoms. The number of benzene rings is 2. The summed E-state index contributed by atoms with van der Waals surface area (Å²) in [5, 5.41) is 0. The molecule has 0 amide bonds. The summed E-state index contributed by atoms with van der Waals surface area (Å²) >= 11 is 0. The molecule has 0 aliphatic carbocycles. The highest BCUT2D eigenvalue weighted by molar-refractivity contribution is 7.92. The average Bonchev–Trinajstić information content (AvgIpc) is 2.58. The smallest absolute Gasteiger partial charge is 0.416 e. The summed E-state index contributed by atoms with van der Waals surface area (Å²) < 4.78 is 83.5. The van der Waals surface area contributed by atoms with Crippen molar-refractivity contribution in [3.05, 3.63) is 59.9 Å². The molecule has 28 heavy (non-hydrogen) atoms. The van der Waals surface area contributed by atoms with Crippen LogP contribution in [0, 0.1) is 5.82 Å². The lowest BCUT2D eigenvalue weighted by Crippen LogP contribution is -2.37. The minimum absolute atomic E-state index is 0.375. The molecule has 5 nitrogen and oxygen atoms in total. The van der Waals surface area contributed by atoms with E-state index < -0.39 is 46.2 Å². The molecule has 152 valence electrons. The fraction of sp³-hybridized carbons (Fsp3) is 0.278. The van der Waals surface area contributed by atoms with Crippen LogP contribution < -0.4 is 4.31 Å². The number of carbonyl (C=O) groups is 1. The minimum atomic E-state index is -4.71. The number of hydrogen-bond acceptors (Lipinski definition) is 4. The average molecular weight is 419 g/mol. The second-order valence-corrected chi connectivity index (χ2v) is 7.91. The number of nitrogens with zero attached hydrogens (tertiary/aromatic N) is 1. The maximum atomic E-state index is 13.1. The lowest BCUT2D eigenvalue weighted by Gasteiger charge is -2.25. The predicted octanol–water partition coefficient (Wildman–Crippen LogP) is 3.99. The fourth-order valence-corrected chi connectivity index (χ4v) is 3.70. The molecule has 0 spiro atoms. The Bertz CT molecular complexity index is 941. The molecule has 0 N–H and O–H groups in total. The number of alkyl halides is 3. The van der Waals surface area contributed by atoms with Crippen molar-refractivity contribution in [3.8, 4) is 0 Å². The topological polar surface area (TPSA) is 63.7 Å². The van der Waals surface area contributed by atoms with Gasteiger partial charge in [-0.1, -0.05) is 6.07 Å². The molecule has 0 saturated carbocycles. The van der Waals surface area contributed by atoms with E-state index >= 15 is 0 Å². The number of hydrogen-bond donors (Lipinski definition) is 0. The van der Waals surface area contributed by atoms with Crippen LogP contribution in [0.25, 0.3) is 0 Å². The fourth-order valence-electron chi connectivity index (χ4n) is 2.30. The first-order chi connectivity index (χ1) is 12.9. The van der Waals surface area contributed by atoms with Gasteiger partial charge in [0, 0.05) is 0 Å². The van der Waals surface area contributed by atoms with Gasteiger partial charge in [0.05, 0.1) is 22.3 Å². The molecule has 0 aliphatic rings. The molecule has 0 heterocycles. The molecule has 0 radical (unpaired) electrons. The van der Waals surface area contributed by atoms with Gasteiger partial charge in [-0.15, -0.1) is 0 Å². The van der Waals surface area contributed by atoms with Crippen molar-refractivity contribution in [2.45, 2.75) is 31.0 Å². The van der Waals surface area contributed by atoms with Gasteiger partial charge in [0.25, 0.3) is 10.0 Å². The third kappa shape index (κ3) is 5.22. The predicted molar refractivity (Wildman–Crippen MR) is 93.6 cm³/mol. The zero-order chi connectivity index (χ0) is 21.1. The third-order valence-electron chi connectivity index (χ3n) is 3.50. The molecule has 0 atom stereocenters. The zero-order valence-electron chi connectivity index (χ0n) is 14.9. The van der Waals surface area contributed by atoms with Crippen molar-refractivity contribution in [1.82, 2.24) is 0 Å². The van der Waals surface area contributed by atoms with Gasteiger partial charge in [-0.2, -0.15) is 13.2 Å². The normalized spacial score (nSPS) is 12.1. The van der Waals surface area contributed by atoms with Crippen LogP contribution in [0.15, 0.2) is 53.4 Å². The SMILES string of the molecule is CC(C)OC(=O)CN(c1cccc(C(F)(F)F)c1)S(=O)(=O)c1ccc(F)cc1. The quantitative estimate of drug-likeness (QED) is 0.525. The Morgan fingerprint density at radius 2 is 1.71 bits per heavy atom. The summed E-state index contributed by atoms with van der Waals surface area (Å²) in [5.41, 5.74) is -1.46. The van der Waals surface area contributed by atoms with Gasteiger partial charge in [-0.05, 0) is 56.3 Å². The van der Waals surface area contributed by atoms with Crippen LogP contribution in [0.3, 0.4) is 0 Å². The molecular formula is C18H17F4NO4S. The molecular weight excluding hydrogens is 402 g/mol.